The number of carbonyl (C=O) groups is 3. The van der Waals surface area contributed by atoms with Crippen molar-refractivity contribution in [2.75, 3.05) is 6.54 Å². The summed E-state index contributed by atoms with van der Waals surface area (Å²) in [5.41, 5.74) is -1.64. The molecular formula is C18H24N2O4S2. The number of β-lactam (4-membered cyclic amide) rings is 1. The lowest BCUT2D eigenvalue weighted by Crippen LogP contribution is -2.69. The number of amides is 2. The number of nitrogens with zero attached hydrogens (tertiary/aromatic N) is 1. The standard InChI is InChI=1S/C18H24N2O4S2/c1-10(21)19-15-18(5,16(23)24-17(2,3)4)9-20-13(22)12(14(20)26-15)11-7-6-8-25-11/h6-8,12,14-15H,9H2,1-5H3,(H,19,21)/t12?,14-,15?,18?/m1/s1. The summed E-state index contributed by atoms with van der Waals surface area (Å²) in [6.45, 7) is 8.86. The van der Waals surface area contributed by atoms with Crippen molar-refractivity contribution < 1.29 is 19.1 Å². The number of rotatable bonds is 3. The molecular weight excluding hydrogens is 372 g/mol. The van der Waals surface area contributed by atoms with Crippen LogP contribution >= 0.6 is 23.1 Å². The molecule has 2 amide bonds. The Balaban J connectivity index is 1.87. The maximum Gasteiger partial charge on any atom is 0.317 e. The van der Waals surface area contributed by atoms with Gasteiger partial charge in [-0.3, -0.25) is 14.4 Å². The van der Waals surface area contributed by atoms with Gasteiger partial charge in [-0.05, 0) is 39.1 Å². The van der Waals surface area contributed by atoms with E-state index in [2.05, 4.69) is 5.32 Å². The van der Waals surface area contributed by atoms with Crippen LogP contribution in [-0.4, -0.2) is 45.6 Å². The second-order valence-electron chi connectivity index (χ2n) is 7.99. The zero-order valence-electron chi connectivity index (χ0n) is 15.6. The first-order chi connectivity index (χ1) is 12.0. The van der Waals surface area contributed by atoms with Crippen molar-refractivity contribution in [3.05, 3.63) is 22.4 Å². The summed E-state index contributed by atoms with van der Waals surface area (Å²) in [6.07, 6.45) is 0. The Morgan fingerprint density at radius 1 is 1.38 bits per heavy atom. The van der Waals surface area contributed by atoms with Crippen LogP contribution < -0.4 is 5.32 Å². The molecule has 4 atom stereocenters. The van der Waals surface area contributed by atoms with Gasteiger partial charge in [0.15, 0.2) is 0 Å². The smallest absolute Gasteiger partial charge is 0.317 e. The third kappa shape index (κ3) is 3.36. The van der Waals surface area contributed by atoms with E-state index in [4.69, 9.17) is 4.74 Å². The van der Waals surface area contributed by atoms with E-state index < -0.39 is 22.4 Å². The van der Waals surface area contributed by atoms with Crippen molar-refractivity contribution in [3.8, 4) is 0 Å². The molecule has 3 rings (SSSR count). The molecule has 0 bridgehead atoms. The highest BCUT2D eigenvalue weighted by Gasteiger charge is 2.60. The van der Waals surface area contributed by atoms with Crippen LogP contribution in [0.15, 0.2) is 17.5 Å². The third-order valence-corrected chi connectivity index (χ3v) is 7.21. The van der Waals surface area contributed by atoms with Crippen LogP contribution in [0, 0.1) is 5.41 Å². The van der Waals surface area contributed by atoms with Crippen LogP contribution in [0.4, 0.5) is 0 Å². The molecule has 3 heterocycles. The zero-order chi connectivity index (χ0) is 19.3. The van der Waals surface area contributed by atoms with Crippen LogP contribution in [0.1, 0.15) is 45.4 Å². The zero-order valence-corrected chi connectivity index (χ0v) is 17.2. The molecule has 142 valence electrons. The summed E-state index contributed by atoms with van der Waals surface area (Å²) in [5, 5.41) is 4.32. The minimum Gasteiger partial charge on any atom is -0.459 e. The second-order valence-corrected chi connectivity index (χ2v) is 10.2. The predicted molar refractivity (Wildman–Crippen MR) is 102 cm³/mol. The van der Waals surface area contributed by atoms with Gasteiger partial charge in [0.1, 0.15) is 16.9 Å². The summed E-state index contributed by atoms with van der Waals surface area (Å²) < 4.78 is 5.59. The van der Waals surface area contributed by atoms with Crippen LogP contribution in [0.25, 0.3) is 0 Å². The highest BCUT2D eigenvalue weighted by Crippen LogP contribution is 2.52. The van der Waals surface area contributed by atoms with Gasteiger partial charge in [-0.1, -0.05) is 6.07 Å². The summed E-state index contributed by atoms with van der Waals surface area (Å²) in [7, 11) is 0. The maximum atomic E-state index is 12.9. The minimum absolute atomic E-state index is 0.0287. The normalized spacial score (nSPS) is 31.0. The number of carbonyl (C=O) groups excluding carboxylic acids is 3. The Morgan fingerprint density at radius 2 is 2.08 bits per heavy atom. The van der Waals surface area contributed by atoms with E-state index in [9.17, 15) is 14.4 Å². The summed E-state index contributed by atoms with van der Waals surface area (Å²) in [5.74, 6) is -0.786. The number of hydrogen-bond donors (Lipinski definition) is 1. The average molecular weight is 397 g/mol. The molecule has 2 aliphatic rings. The van der Waals surface area contributed by atoms with Gasteiger partial charge in [0.25, 0.3) is 0 Å². The van der Waals surface area contributed by atoms with Crippen LogP contribution in [0.5, 0.6) is 0 Å². The van der Waals surface area contributed by atoms with E-state index in [1.54, 1.807) is 23.2 Å². The van der Waals surface area contributed by atoms with Crippen molar-refractivity contribution in [3.63, 3.8) is 0 Å². The van der Waals surface area contributed by atoms with Crippen LogP contribution in [0.3, 0.4) is 0 Å². The fourth-order valence-corrected chi connectivity index (χ4v) is 5.91. The summed E-state index contributed by atoms with van der Waals surface area (Å²) in [4.78, 5) is 40.1. The monoisotopic (exact) mass is 396 g/mol. The second kappa shape index (κ2) is 6.56. The van der Waals surface area contributed by atoms with Gasteiger partial charge < -0.3 is 15.0 Å². The number of ether oxygens (including phenoxy) is 1. The number of thioether (sulfide) groups is 1. The van der Waals surface area contributed by atoms with Gasteiger partial charge >= 0.3 is 5.97 Å². The molecule has 2 aliphatic heterocycles. The van der Waals surface area contributed by atoms with E-state index in [0.717, 1.165) is 4.88 Å². The lowest BCUT2D eigenvalue weighted by atomic mass is 9.84. The van der Waals surface area contributed by atoms with Gasteiger partial charge in [-0.2, -0.15) is 0 Å². The van der Waals surface area contributed by atoms with Gasteiger partial charge in [-0.15, -0.1) is 23.1 Å². The fraction of sp³-hybridized carbons (Fsp3) is 0.611. The number of fused-ring (bicyclic) bond motifs is 1. The molecule has 0 aliphatic carbocycles. The first-order valence-corrected chi connectivity index (χ1v) is 10.3. The molecule has 6 nitrogen and oxygen atoms in total. The average Bonchev–Trinajstić information content (AvgIpc) is 3.01. The van der Waals surface area contributed by atoms with Gasteiger partial charge in [0, 0.05) is 18.3 Å². The molecule has 2 fully saturated rings. The van der Waals surface area contributed by atoms with Gasteiger partial charge in [-0.25, -0.2) is 0 Å². The number of hydrogen-bond acceptors (Lipinski definition) is 6. The third-order valence-electron chi connectivity index (χ3n) is 4.54. The Hall–Kier alpha value is -1.54. The van der Waals surface area contributed by atoms with Crippen molar-refractivity contribution >= 4 is 40.9 Å². The van der Waals surface area contributed by atoms with Crippen molar-refractivity contribution in [1.82, 2.24) is 10.2 Å². The maximum absolute atomic E-state index is 12.9. The topological polar surface area (TPSA) is 75.7 Å². The van der Waals surface area contributed by atoms with Crippen LogP contribution in [-0.2, 0) is 19.1 Å². The first-order valence-electron chi connectivity index (χ1n) is 8.53. The van der Waals surface area contributed by atoms with E-state index in [1.165, 1.54) is 18.7 Å². The molecule has 0 radical (unpaired) electrons. The molecule has 8 heteroatoms. The van der Waals surface area contributed by atoms with E-state index >= 15 is 0 Å². The van der Waals surface area contributed by atoms with E-state index in [0.29, 0.717) is 0 Å². The highest BCUT2D eigenvalue weighted by atomic mass is 32.2. The predicted octanol–water partition coefficient (Wildman–Crippen LogP) is 2.56. The summed E-state index contributed by atoms with van der Waals surface area (Å²) in [6, 6.07) is 3.89. The number of esters is 1. The van der Waals surface area contributed by atoms with Crippen molar-refractivity contribution in [2.24, 2.45) is 5.41 Å². The van der Waals surface area contributed by atoms with Gasteiger partial charge in [0.2, 0.25) is 11.8 Å². The quantitative estimate of drug-likeness (QED) is 0.628. The number of nitrogens with one attached hydrogen (secondary N) is 1. The first kappa shape index (κ1) is 19.2. The van der Waals surface area contributed by atoms with E-state index in [-0.39, 0.29) is 29.7 Å². The molecule has 0 saturated carbocycles. The number of thiophene rings is 1. The molecule has 1 aromatic rings. The Kier molecular flexibility index (Phi) is 4.85. The van der Waals surface area contributed by atoms with E-state index in [1.807, 2.05) is 38.3 Å². The van der Waals surface area contributed by atoms with Crippen LogP contribution in [0.2, 0.25) is 0 Å². The minimum atomic E-state index is -1.00. The summed E-state index contributed by atoms with van der Waals surface area (Å²) >= 11 is 3.02. The lowest BCUT2D eigenvalue weighted by Gasteiger charge is -2.56. The molecule has 0 aromatic carbocycles. The molecule has 3 unspecified atom stereocenters. The SMILES string of the molecule is CC(=O)NC1S[C@@H]2C(c3cccs3)C(=O)N2CC1(C)C(=O)OC(C)(C)C. The Bertz CT molecular complexity index is 728. The highest BCUT2D eigenvalue weighted by molar-refractivity contribution is 8.00. The van der Waals surface area contributed by atoms with Crippen molar-refractivity contribution in [1.29, 1.82) is 0 Å². The Labute approximate surface area is 161 Å². The molecule has 1 aromatic heterocycles. The largest absolute Gasteiger partial charge is 0.459 e. The lowest BCUT2D eigenvalue weighted by molar-refractivity contribution is -0.172. The Morgan fingerprint density at radius 3 is 2.62 bits per heavy atom. The molecule has 0 spiro atoms. The molecule has 1 N–H and O–H groups in total. The molecule has 26 heavy (non-hydrogen) atoms. The van der Waals surface area contributed by atoms with Gasteiger partial charge in [0.05, 0.1) is 10.7 Å². The fourth-order valence-electron chi connectivity index (χ4n) is 3.24. The van der Waals surface area contributed by atoms with Crippen molar-refractivity contribution in [2.45, 2.75) is 56.9 Å². The molecule has 2 saturated heterocycles.